The summed E-state index contributed by atoms with van der Waals surface area (Å²) in [6.45, 7) is 3.70. The molecule has 0 spiro atoms. The van der Waals surface area contributed by atoms with Gasteiger partial charge in [-0.3, -0.25) is 9.80 Å². The lowest BCUT2D eigenvalue weighted by atomic mass is 9.84. The van der Waals surface area contributed by atoms with Crippen LogP contribution in [0.1, 0.15) is 97.1 Å². The lowest BCUT2D eigenvalue weighted by molar-refractivity contribution is 0.132. The summed E-state index contributed by atoms with van der Waals surface area (Å²) < 4.78 is 0. The number of tetrazole rings is 2. The van der Waals surface area contributed by atoms with Crippen molar-refractivity contribution in [2.75, 3.05) is 0 Å². The quantitative estimate of drug-likeness (QED) is 0.126. The van der Waals surface area contributed by atoms with Crippen LogP contribution in [-0.2, 0) is 26.2 Å². The number of H-pyrrole nitrogens is 2. The van der Waals surface area contributed by atoms with Gasteiger partial charge in [0, 0.05) is 50.1 Å². The van der Waals surface area contributed by atoms with Crippen LogP contribution < -0.4 is 0 Å². The molecule has 0 aliphatic heterocycles. The minimum absolute atomic E-state index is 0.388. The standard InChI is InChI=1S/C42H48N10/c1-3-9-31(10-4-1)27-51(39-21-17-35(18-22-39)41-43-47-48-44-41)29-33-13-7-15-37(25-33)38-16-8-14-34(26-38)30-52(28-32-11-5-2-6-12-32)40-23-19-36(20-24-40)42-45-49-50-46-42/h1-16,25-26,35-36,39-40H,17-24,27-30H2,(H,43,44,47,48)(H,45,46,49,50). The number of aromatic amines is 2. The molecule has 2 heterocycles. The summed E-state index contributed by atoms with van der Waals surface area (Å²) in [5.74, 6) is 2.50. The molecule has 2 aromatic heterocycles. The summed E-state index contributed by atoms with van der Waals surface area (Å²) in [6, 6.07) is 41.2. The number of hydrogen-bond donors (Lipinski definition) is 2. The van der Waals surface area contributed by atoms with Crippen LogP contribution in [0, 0.1) is 0 Å². The van der Waals surface area contributed by atoms with E-state index in [4.69, 9.17) is 0 Å². The molecule has 2 aliphatic rings. The highest BCUT2D eigenvalue weighted by molar-refractivity contribution is 5.65. The Bertz CT molecular complexity index is 1790. The van der Waals surface area contributed by atoms with E-state index in [1.807, 2.05) is 0 Å². The SMILES string of the molecule is c1ccc(CN(Cc2cccc(-c3cccc(CN(Cc4ccccc4)C4CCC(c5nn[nH]n5)CC4)c3)c2)C2CCC(c3nn[nH]n3)CC2)cc1. The fraction of sp³-hybridized carbons (Fsp3) is 0.381. The molecular formula is C42H48N10. The molecular weight excluding hydrogens is 645 g/mol. The minimum Gasteiger partial charge on any atom is -0.292 e. The van der Waals surface area contributed by atoms with Crippen LogP contribution in [-0.4, -0.2) is 63.1 Å². The lowest BCUT2D eigenvalue weighted by Gasteiger charge is -2.36. The topological polar surface area (TPSA) is 115 Å². The summed E-state index contributed by atoms with van der Waals surface area (Å²) in [5.41, 5.74) is 7.96. The number of benzene rings is 4. The number of rotatable bonds is 13. The molecule has 0 atom stereocenters. The van der Waals surface area contributed by atoms with Crippen LogP contribution in [0.4, 0.5) is 0 Å². The van der Waals surface area contributed by atoms with Gasteiger partial charge in [-0.1, -0.05) is 107 Å². The van der Waals surface area contributed by atoms with Crippen molar-refractivity contribution < 1.29 is 0 Å². The average Bonchev–Trinajstić information content (AvgIpc) is 3.95. The second-order valence-corrected chi connectivity index (χ2v) is 14.7. The highest BCUT2D eigenvalue weighted by Crippen LogP contribution is 2.36. The first kappa shape index (κ1) is 34.0. The van der Waals surface area contributed by atoms with E-state index >= 15 is 0 Å². The molecule has 266 valence electrons. The van der Waals surface area contributed by atoms with Crippen LogP contribution in [0.2, 0.25) is 0 Å². The van der Waals surface area contributed by atoms with E-state index in [9.17, 15) is 0 Å². The third kappa shape index (κ3) is 8.52. The predicted molar refractivity (Wildman–Crippen MR) is 202 cm³/mol. The van der Waals surface area contributed by atoms with Crippen LogP contribution in [0.15, 0.2) is 109 Å². The smallest absolute Gasteiger partial charge is 0.177 e. The molecule has 52 heavy (non-hydrogen) atoms. The van der Waals surface area contributed by atoms with Crippen molar-refractivity contribution in [3.8, 4) is 11.1 Å². The molecule has 0 bridgehead atoms. The van der Waals surface area contributed by atoms with Gasteiger partial charge in [-0.2, -0.15) is 10.4 Å². The monoisotopic (exact) mass is 692 g/mol. The predicted octanol–water partition coefficient (Wildman–Crippen LogP) is 7.84. The lowest BCUT2D eigenvalue weighted by Crippen LogP contribution is -2.37. The summed E-state index contributed by atoms with van der Waals surface area (Å²) >= 11 is 0. The van der Waals surface area contributed by atoms with Crippen molar-refractivity contribution in [2.45, 2.75) is 101 Å². The number of hydrogen-bond acceptors (Lipinski definition) is 8. The zero-order valence-corrected chi connectivity index (χ0v) is 29.8. The highest BCUT2D eigenvalue weighted by Gasteiger charge is 2.30. The largest absolute Gasteiger partial charge is 0.292 e. The van der Waals surface area contributed by atoms with Gasteiger partial charge in [0.15, 0.2) is 11.6 Å². The summed E-state index contributed by atoms with van der Waals surface area (Å²) in [5, 5.41) is 30.0. The van der Waals surface area contributed by atoms with Gasteiger partial charge in [-0.15, -0.1) is 20.4 Å². The van der Waals surface area contributed by atoms with Gasteiger partial charge in [0.05, 0.1) is 0 Å². The van der Waals surface area contributed by atoms with Gasteiger partial charge in [0.2, 0.25) is 0 Å². The van der Waals surface area contributed by atoms with Crippen molar-refractivity contribution >= 4 is 0 Å². The van der Waals surface area contributed by atoms with E-state index in [0.29, 0.717) is 23.9 Å². The molecule has 2 saturated carbocycles. The van der Waals surface area contributed by atoms with Gasteiger partial charge in [0.25, 0.3) is 0 Å². The maximum atomic E-state index is 4.29. The fourth-order valence-corrected chi connectivity index (χ4v) is 8.51. The summed E-state index contributed by atoms with van der Waals surface area (Å²) in [7, 11) is 0. The molecule has 0 radical (unpaired) electrons. The first-order valence-electron chi connectivity index (χ1n) is 18.9. The molecule has 2 fully saturated rings. The molecule has 0 saturated heterocycles. The first-order chi connectivity index (χ1) is 25.7. The van der Waals surface area contributed by atoms with E-state index in [0.717, 1.165) is 89.2 Å². The minimum atomic E-state index is 0.388. The Kier molecular flexibility index (Phi) is 10.8. The molecule has 10 heteroatoms. The van der Waals surface area contributed by atoms with Crippen molar-refractivity contribution in [3.05, 3.63) is 143 Å². The Morgan fingerprint density at radius 1 is 0.442 bits per heavy atom. The van der Waals surface area contributed by atoms with Crippen LogP contribution in [0.3, 0.4) is 0 Å². The Labute approximate surface area is 306 Å². The zero-order valence-electron chi connectivity index (χ0n) is 29.8. The fourth-order valence-electron chi connectivity index (χ4n) is 8.51. The number of nitrogens with one attached hydrogen (secondary N) is 2. The van der Waals surface area contributed by atoms with Crippen molar-refractivity contribution in [1.29, 1.82) is 0 Å². The van der Waals surface area contributed by atoms with E-state index in [1.54, 1.807) is 0 Å². The Hall–Kier alpha value is -5.06. The third-order valence-electron chi connectivity index (χ3n) is 11.3. The van der Waals surface area contributed by atoms with Gasteiger partial charge in [0.1, 0.15) is 0 Å². The Morgan fingerprint density at radius 2 is 0.827 bits per heavy atom. The van der Waals surface area contributed by atoms with E-state index in [2.05, 4.69) is 160 Å². The maximum Gasteiger partial charge on any atom is 0.177 e. The second kappa shape index (κ2) is 16.5. The van der Waals surface area contributed by atoms with Gasteiger partial charge >= 0.3 is 0 Å². The molecule has 2 aliphatic carbocycles. The van der Waals surface area contributed by atoms with Gasteiger partial charge < -0.3 is 0 Å². The van der Waals surface area contributed by atoms with E-state index in [1.165, 1.54) is 33.4 Å². The van der Waals surface area contributed by atoms with Crippen LogP contribution in [0.25, 0.3) is 11.1 Å². The maximum absolute atomic E-state index is 4.29. The molecule has 0 unspecified atom stereocenters. The zero-order chi connectivity index (χ0) is 35.0. The van der Waals surface area contributed by atoms with Gasteiger partial charge in [-0.25, -0.2) is 0 Å². The normalized spacial score (nSPS) is 20.7. The van der Waals surface area contributed by atoms with Crippen LogP contribution in [0.5, 0.6) is 0 Å². The summed E-state index contributed by atoms with van der Waals surface area (Å²) in [6.07, 6.45) is 8.87. The number of nitrogens with zero attached hydrogens (tertiary/aromatic N) is 8. The third-order valence-corrected chi connectivity index (χ3v) is 11.3. The molecule has 4 aromatic carbocycles. The average molecular weight is 693 g/mol. The Balaban J connectivity index is 0.978. The van der Waals surface area contributed by atoms with E-state index in [-0.39, 0.29) is 0 Å². The van der Waals surface area contributed by atoms with Crippen molar-refractivity contribution in [2.24, 2.45) is 0 Å². The van der Waals surface area contributed by atoms with Crippen LogP contribution >= 0.6 is 0 Å². The molecule has 2 N–H and O–H groups in total. The second-order valence-electron chi connectivity index (χ2n) is 14.7. The molecule has 0 amide bonds. The van der Waals surface area contributed by atoms with Crippen molar-refractivity contribution in [3.63, 3.8) is 0 Å². The first-order valence-corrected chi connectivity index (χ1v) is 18.9. The van der Waals surface area contributed by atoms with Crippen molar-refractivity contribution in [1.82, 2.24) is 51.0 Å². The molecule has 6 aromatic rings. The Morgan fingerprint density at radius 3 is 1.21 bits per heavy atom. The highest BCUT2D eigenvalue weighted by atomic mass is 15.5. The van der Waals surface area contributed by atoms with Gasteiger partial charge in [-0.05, 0) is 96.9 Å². The number of aromatic nitrogens is 8. The molecule has 10 nitrogen and oxygen atoms in total. The summed E-state index contributed by atoms with van der Waals surface area (Å²) in [4.78, 5) is 5.37. The molecule has 8 rings (SSSR count). The van der Waals surface area contributed by atoms with E-state index < -0.39 is 0 Å².